The fourth-order valence-electron chi connectivity index (χ4n) is 0.537. The van der Waals surface area contributed by atoms with Gasteiger partial charge in [-0.05, 0) is 0 Å². The quantitative estimate of drug-likeness (QED) is 0.418. The molecule has 0 saturated carbocycles. The summed E-state index contributed by atoms with van der Waals surface area (Å²) in [5.74, 6) is -1.12. The predicted molar refractivity (Wildman–Crippen MR) is 47.1 cm³/mol. The summed E-state index contributed by atoms with van der Waals surface area (Å²) in [7, 11) is 2.65. The third-order valence-corrected chi connectivity index (χ3v) is 1.19. The second-order valence-electron chi connectivity index (χ2n) is 2.09. The van der Waals surface area contributed by atoms with Crippen LogP contribution in [0.3, 0.4) is 0 Å². The van der Waals surface area contributed by atoms with Gasteiger partial charge in [0.2, 0.25) is 11.6 Å². The Bertz CT molecular complexity index is 292. The van der Waals surface area contributed by atoms with E-state index in [0.29, 0.717) is 0 Å². The zero-order chi connectivity index (χ0) is 11.0. The van der Waals surface area contributed by atoms with Crippen LogP contribution in [0, 0.1) is 11.3 Å². The Morgan fingerprint density at radius 1 is 1.57 bits per heavy atom. The second-order valence-corrected chi connectivity index (χ2v) is 2.09. The minimum atomic E-state index is -0.752. The minimum Gasteiger partial charge on any atom is -0.398 e. The molecule has 14 heavy (non-hydrogen) atoms. The number of nitrogens with one attached hydrogen (secondary N) is 2. The molecule has 0 aliphatic rings. The Labute approximate surface area is 80.7 Å². The van der Waals surface area contributed by atoms with Crippen LogP contribution in [0.15, 0.2) is 5.16 Å². The third kappa shape index (κ3) is 4.06. The highest BCUT2D eigenvalue weighted by Gasteiger charge is 2.11. The van der Waals surface area contributed by atoms with Crippen molar-refractivity contribution in [1.29, 1.82) is 5.26 Å². The summed E-state index contributed by atoms with van der Waals surface area (Å²) in [6, 6.07) is 1.53. The van der Waals surface area contributed by atoms with Crippen LogP contribution in [-0.4, -0.2) is 38.2 Å². The van der Waals surface area contributed by atoms with E-state index < -0.39 is 11.6 Å². The molecule has 0 aliphatic carbocycles. The fourth-order valence-corrected chi connectivity index (χ4v) is 0.537. The molecule has 0 radical (unpaired) electrons. The van der Waals surface area contributed by atoms with Gasteiger partial charge in [0.1, 0.15) is 13.2 Å². The normalized spacial score (nSPS) is 9.93. The van der Waals surface area contributed by atoms with Gasteiger partial charge in [0.15, 0.2) is 0 Å². The molecule has 7 nitrogen and oxygen atoms in total. The molecular weight excluding hydrogens is 188 g/mol. The lowest BCUT2D eigenvalue weighted by molar-refractivity contribution is -0.123. The summed E-state index contributed by atoms with van der Waals surface area (Å²) in [4.78, 5) is 26.0. The standard InChI is InChI=1S/C7H10N4O3/c1-9-6(12)4-10-7(13)5(3-8)11-14-2/h4H2,1-2H3,(H,9,12)(H,10,13). The molecule has 0 aliphatic heterocycles. The van der Waals surface area contributed by atoms with Crippen molar-refractivity contribution in [2.75, 3.05) is 20.7 Å². The SMILES string of the molecule is CNC(=O)CNC(=O)C(C#N)=NOC. The molecule has 76 valence electrons. The largest absolute Gasteiger partial charge is 0.398 e. The van der Waals surface area contributed by atoms with Crippen molar-refractivity contribution in [3.63, 3.8) is 0 Å². The summed E-state index contributed by atoms with van der Waals surface area (Å²) in [6.45, 7) is -0.209. The van der Waals surface area contributed by atoms with Crippen LogP contribution in [0.4, 0.5) is 0 Å². The van der Waals surface area contributed by atoms with E-state index >= 15 is 0 Å². The Kier molecular flexibility index (Phi) is 5.46. The monoisotopic (exact) mass is 198 g/mol. The first-order valence-electron chi connectivity index (χ1n) is 3.65. The highest BCUT2D eigenvalue weighted by Crippen LogP contribution is 1.78. The zero-order valence-electron chi connectivity index (χ0n) is 7.83. The van der Waals surface area contributed by atoms with Crippen LogP contribution in [0.1, 0.15) is 0 Å². The van der Waals surface area contributed by atoms with E-state index in [1.165, 1.54) is 20.2 Å². The topological polar surface area (TPSA) is 104 Å². The number of likely N-dealkylation sites (N-methyl/N-ethyl adjacent to an activating group) is 1. The minimum absolute atomic E-state index is 0.209. The lowest BCUT2D eigenvalue weighted by Gasteiger charge is -2.01. The Morgan fingerprint density at radius 2 is 2.21 bits per heavy atom. The van der Waals surface area contributed by atoms with Crippen molar-refractivity contribution in [3.05, 3.63) is 0 Å². The summed E-state index contributed by atoms with van der Waals surface area (Å²) < 4.78 is 0. The first-order valence-corrected chi connectivity index (χ1v) is 3.65. The molecule has 0 fully saturated rings. The molecule has 0 aromatic rings. The molecule has 2 N–H and O–H groups in total. The van der Waals surface area contributed by atoms with Crippen LogP contribution in [0.2, 0.25) is 0 Å². The van der Waals surface area contributed by atoms with Gasteiger partial charge in [0.25, 0.3) is 5.91 Å². The van der Waals surface area contributed by atoms with Crippen LogP contribution < -0.4 is 10.6 Å². The van der Waals surface area contributed by atoms with Crippen LogP contribution >= 0.6 is 0 Å². The second kappa shape index (κ2) is 6.42. The van der Waals surface area contributed by atoms with Gasteiger partial charge in [0.05, 0.1) is 6.54 Å². The van der Waals surface area contributed by atoms with E-state index in [4.69, 9.17) is 5.26 Å². The number of carbonyl (C=O) groups excluding carboxylic acids is 2. The Morgan fingerprint density at radius 3 is 2.64 bits per heavy atom. The molecular formula is C7H10N4O3. The van der Waals surface area contributed by atoms with Gasteiger partial charge in [-0.25, -0.2) is 0 Å². The third-order valence-electron chi connectivity index (χ3n) is 1.19. The molecule has 0 aromatic heterocycles. The number of rotatable bonds is 4. The van der Waals surface area contributed by atoms with Crippen LogP contribution in [0.5, 0.6) is 0 Å². The highest BCUT2D eigenvalue weighted by atomic mass is 16.6. The molecule has 2 amide bonds. The van der Waals surface area contributed by atoms with Gasteiger partial charge in [0, 0.05) is 7.05 Å². The summed E-state index contributed by atoms with van der Waals surface area (Å²) in [5, 5.41) is 16.1. The van der Waals surface area contributed by atoms with Gasteiger partial charge >= 0.3 is 0 Å². The summed E-state index contributed by atoms with van der Waals surface area (Å²) in [5.41, 5.74) is -0.434. The average Bonchev–Trinajstić information content (AvgIpc) is 2.21. The van der Waals surface area contributed by atoms with E-state index in [1.807, 2.05) is 0 Å². The zero-order valence-corrected chi connectivity index (χ0v) is 7.83. The summed E-state index contributed by atoms with van der Waals surface area (Å²) in [6.07, 6.45) is 0. The maximum absolute atomic E-state index is 11.1. The number of hydrogen-bond donors (Lipinski definition) is 2. The first-order chi connectivity index (χ1) is 6.65. The van der Waals surface area contributed by atoms with Gasteiger partial charge in [-0.3, -0.25) is 9.59 Å². The van der Waals surface area contributed by atoms with Crippen molar-refractivity contribution in [2.24, 2.45) is 5.16 Å². The molecule has 0 unspecified atom stereocenters. The lowest BCUT2D eigenvalue weighted by atomic mass is 10.4. The average molecular weight is 198 g/mol. The van der Waals surface area contributed by atoms with Crippen molar-refractivity contribution in [3.8, 4) is 6.07 Å². The molecule has 0 rings (SSSR count). The number of oxime groups is 1. The molecule has 0 aromatic carbocycles. The predicted octanol–water partition coefficient (Wildman–Crippen LogP) is -1.63. The van der Waals surface area contributed by atoms with E-state index in [2.05, 4.69) is 20.6 Å². The van der Waals surface area contributed by atoms with Crippen molar-refractivity contribution in [1.82, 2.24) is 10.6 Å². The molecule has 7 heteroatoms. The molecule has 0 heterocycles. The molecule has 0 bridgehead atoms. The van der Waals surface area contributed by atoms with Gasteiger partial charge in [-0.15, -0.1) is 0 Å². The summed E-state index contributed by atoms with van der Waals surface area (Å²) >= 11 is 0. The van der Waals surface area contributed by atoms with E-state index in [9.17, 15) is 9.59 Å². The Balaban J connectivity index is 4.15. The highest BCUT2D eigenvalue weighted by molar-refractivity contribution is 6.45. The molecule has 0 atom stereocenters. The maximum Gasteiger partial charge on any atom is 0.284 e. The van der Waals surface area contributed by atoms with E-state index in [0.717, 1.165) is 0 Å². The lowest BCUT2D eigenvalue weighted by Crippen LogP contribution is -2.38. The van der Waals surface area contributed by atoms with Crippen molar-refractivity contribution >= 4 is 17.5 Å². The van der Waals surface area contributed by atoms with Crippen LogP contribution in [0.25, 0.3) is 0 Å². The van der Waals surface area contributed by atoms with Gasteiger partial charge in [-0.2, -0.15) is 5.26 Å². The number of hydrogen-bond acceptors (Lipinski definition) is 5. The van der Waals surface area contributed by atoms with Crippen LogP contribution in [-0.2, 0) is 14.4 Å². The number of nitrogens with zero attached hydrogens (tertiary/aromatic N) is 2. The molecule has 0 saturated heterocycles. The first kappa shape index (κ1) is 11.9. The van der Waals surface area contributed by atoms with E-state index in [1.54, 1.807) is 0 Å². The maximum atomic E-state index is 11.1. The van der Waals surface area contributed by atoms with Crippen molar-refractivity contribution < 1.29 is 14.4 Å². The van der Waals surface area contributed by atoms with Crippen molar-refractivity contribution in [2.45, 2.75) is 0 Å². The van der Waals surface area contributed by atoms with Gasteiger partial charge < -0.3 is 15.5 Å². The van der Waals surface area contributed by atoms with Gasteiger partial charge in [-0.1, -0.05) is 5.16 Å². The number of amides is 2. The number of nitriles is 1. The smallest absolute Gasteiger partial charge is 0.284 e. The fraction of sp³-hybridized carbons (Fsp3) is 0.429. The number of carbonyl (C=O) groups is 2. The van der Waals surface area contributed by atoms with E-state index in [-0.39, 0.29) is 12.5 Å². The molecule has 0 spiro atoms. The Hall–Kier alpha value is -2.10.